The predicted octanol–water partition coefficient (Wildman–Crippen LogP) is 3.79. The van der Waals surface area contributed by atoms with Crippen LogP contribution in [0.3, 0.4) is 0 Å². The summed E-state index contributed by atoms with van der Waals surface area (Å²) >= 11 is 6.00. The SMILES string of the molecule is O=C(NC1CCN(C(=O)c2ccc(F)c(F)c2F)CC1)c1ccccc1Cl. The molecule has 0 spiro atoms. The van der Waals surface area contributed by atoms with E-state index in [4.69, 9.17) is 11.6 Å². The van der Waals surface area contributed by atoms with Gasteiger partial charge in [0, 0.05) is 19.1 Å². The number of rotatable bonds is 3. The van der Waals surface area contributed by atoms with Gasteiger partial charge in [0.25, 0.3) is 11.8 Å². The first kappa shape index (κ1) is 19.2. The molecule has 1 saturated heterocycles. The molecule has 0 bridgehead atoms. The minimum Gasteiger partial charge on any atom is -0.349 e. The minimum atomic E-state index is -1.66. The highest BCUT2D eigenvalue weighted by molar-refractivity contribution is 6.33. The number of likely N-dealkylation sites (tertiary alicyclic amines) is 1. The van der Waals surface area contributed by atoms with Gasteiger partial charge in [-0.25, -0.2) is 13.2 Å². The van der Waals surface area contributed by atoms with Gasteiger partial charge in [-0.1, -0.05) is 23.7 Å². The van der Waals surface area contributed by atoms with Crippen LogP contribution in [-0.2, 0) is 0 Å². The summed E-state index contributed by atoms with van der Waals surface area (Å²) in [5, 5.41) is 3.20. The molecule has 2 aromatic carbocycles. The van der Waals surface area contributed by atoms with E-state index >= 15 is 0 Å². The Hall–Kier alpha value is -2.54. The van der Waals surface area contributed by atoms with E-state index < -0.39 is 28.9 Å². The summed E-state index contributed by atoms with van der Waals surface area (Å²) in [6.07, 6.45) is 0.903. The zero-order valence-electron chi connectivity index (χ0n) is 14.1. The van der Waals surface area contributed by atoms with Gasteiger partial charge in [0.15, 0.2) is 17.5 Å². The fourth-order valence-electron chi connectivity index (χ4n) is 3.00. The van der Waals surface area contributed by atoms with Crippen molar-refractivity contribution >= 4 is 23.4 Å². The molecule has 0 saturated carbocycles. The van der Waals surface area contributed by atoms with Gasteiger partial charge in [0.2, 0.25) is 0 Å². The zero-order chi connectivity index (χ0) is 19.6. The highest BCUT2D eigenvalue weighted by atomic mass is 35.5. The number of hydrogen-bond donors (Lipinski definition) is 1. The van der Waals surface area contributed by atoms with E-state index in [0.717, 1.165) is 12.1 Å². The molecule has 0 atom stereocenters. The van der Waals surface area contributed by atoms with Crippen LogP contribution in [0.2, 0.25) is 5.02 Å². The van der Waals surface area contributed by atoms with E-state index in [1.54, 1.807) is 24.3 Å². The van der Waals surface area contributed by atoms with E-state index in [1.165, 1.54) is 4.90 Å². The first-order valence-electron chi connectivity index (χ1n) is 8.36. The average Bonchev–Trinajstić information content (AvgIpc) is 2.66. The first-order valence-corrected chi connectivity index (χ1v) is 8.74. The van der Waals surface area contributed by atoms with Crippen molar-refractivity contribution < 1.29 is 22.8 Å². The van der Waals surface area contributed by atoms with Crippen LogP contribution >= 0.6 is 11.6 Å². The quantitative estimate of drug-likeness (QED) is 0.802. The predicted molar refractivity (Wildman–Crippen MR) is 94.2 cm³/mol. The standard InChI is InChI=1S/C19H16ClF3N2O2/c20-14-4-2-1-3-12(14)18(26)24-11-7-9-25(10-8-11)19(27)13-5-6-15(21)17(23)16(13)22/h1-6,11H,7-10H2,(H,24,26). The molecular formula is C19H16ClF3N2O2. The van der Waals surface area contributed by atoms with Gasteiger partial charge in [0.1, 0.15) is 0 Å². The van der Waals surface area contributed by atoms with Gasteiger partial charge >= 0.3 is 0 Å². The van der Waals surface area contributed by atoms with E-state index in [0.29, 0.717) is 23.4 Å². The van der Waals surface area contributed by atoms with Crippen molar-refractivity contribution in [2.45, 2.75) is 18.9 Å². The van der Waals surface area contributed by atoms with Crippen molar-refractivity contribution in [1.29, 1.82) is 0 Å². The maximum Gasteiger partial charge on any atom is 0.256 e. The summed E-state index contributed by atoms with van der Waals surface area (Å²) in [6.45, 7) is 0.509. The van der Waals surface area contributed by atoms with Crippen LogP contribution in [-0.4, -0.2) is 35.8 Å². The Morgan fingerprint density at radius 2 is 1.63 bits per heavy atom. The molecule has 8 heteroatoms. The number of nitrogens with zero attached hydrogens (tertiary/aromatic N) is 1. The van der Waals surface area contributed by atoms with Crippen molar-refractivity contribution in [2.24, 2.45) is 0 Å². The molecule has 1 aliphatic heterocycles. The summed E-state index contributed by atoms with van der Waals surface area (Å²) in [5.74, 6) is -5.51. The highest BCUT2D eigenvalue weighted by Crippen LogP contribution is 2.20. The lowest BCUT2D eigenvalue weighted by atomic mass is 10.0. The van der Waals surface area contributed by atoms with Crippen molar-refractivity contribution in [3.63, 3.8) is 0 Å². The molecular weight excluding hydrogens is 381 g/mol. The summed E-state index contributed by atoms with van der Waals surface area (Å²) in [5.41, 5.74) is -0.144. The number of carbonyl (C=O) groups excluding carboxylic acids is 2. The zero-order valence-corrected chi connectivity index (χ0v) is 14.9. The van der Waals surface area contributed by atoms with E-state index in [9.17, 15) is 22.8 Å². The maximum atomic E-state index is 13.8. The molecule has 142 valence electrons. The highest BCUT2D eigenvalue weighted by Gasteiger charge is 2.28. The topological polar surface area (TPSA) is 49.4 Å². The Kier molecular flexibility index (Phi) is 5.70. The van der Waals surface area contributed by atoms with Gasteiger partial charge in [-0.3, -0.25) is 9.59 Å². The van der Waals surface area contributed by atoms with Crippen LogP contribution < -0.4 is 5.32 Å². The monoisotopic (exact) mass is 396 g/mol. The molecule has 4 nitrogen and oxygen atoms in total. The third-order valence-electron chi connectivity index (χ3n) is 4.50. The number of carbonyl (C=O) groups is 2. The van der Waals surface area contributed by atoms with Gasteiger partial charge in [-0.05, 0) is 37.1 Å². The van der Waals surface area contributed by atoms with Crippen LogP contribution in [0, 0.1) is 17.5 Å². The van der Waals surface area contributed by atoms with Crippen LogP contribution in [0.1, 0.15) is 33.6 Å². The third-order valence-corrected chi connectivity index (χ3v) is 4.83. The second-order valence-electron chi connectivity index (χ2n) is 6.24. The largest absolute Gasteiger partial charge is 0.349 e. The molecule has 1 N–H and O–H groups in total. The molecule has 0 radical (unpaired) electrons. The van der Waals surface area contributed by atoms with Crippen LogP contribution in [0.4, 0.5) is 13.2 Å². The van der Waals surface area contributed by atoms with E-state index in [2.05, 4.69) is 5.32 Å². The van der Waals surface area contributed by atoms with Gasteiger partial charge in [-0.15, -0.1) is 0 Å². The molecule has 1 fully saturated rings. The molecule has 2 amide bonds. The van der Waals surface area contributed by atoms with Crippen molar-refractivity contribution in [2.75, 3.05) is 13.1 Å². The lowest BCUT2D eigenvalue weighted by molar-refractivity contribution is 0.0692. The molecule has 2 aromatic rings. The smallest absolute Gasteiger partial charge is 0.256 e. The number of piperidine rings is 1. The van der Waals surface area contributed by atoms with Crippen LogP contribution in [0.15, 0.2) is 36.4 Å². The second-order valence-corrected chi connectivity index (χ2v) is 6.65. The first-order chi connectivity index (χ1) is 12.9. The maximum absolute atomic E-state index is 13.8. The molecule has 0 unspecified atom stereocenters. The number of amides is 2. The molecule has 0 aliphatic carbocycles. The Morgan fingerprint density at radius 1 is 0.963 bits per heavy atom. The molecule has 0 aromatic heterocycles. The van der Waals surface area contributed by atoms with Gasteiger partial charge in [0.05, 0.1) is 16.1 Å². The van der Waals surface area contributed by atoms with Crippen LogP contribution in [0.5, 0.6) is 0 Å². The van der Waals surface area contributed by atoms with E-state index in [-0.39, 0.29) is 25.0 Å². The second kappa shape index (κ2) is 8.00. The summed E-state index contributed by atoms with van der Waals surface area (Å²) < 4.78 is 40.2. The van der Waals surface area contributed by atoms with Crippen molar-refractivity contribution in [1.82, 2.24) is 10.2 Å². The van der Waals surface area contributed by atoms with Crippen molar-refractivity contribution in [3.8, 4) is 0 Å². The number of halogens is 4. The average molecular weight is 397 g/mol. The Morgan fingerprint density at radius 3 is 2.30 bits per heavy atom. The normalized spacial score (nSPS) is 14.9. The fraction of sp³-hybridized carbons (Fsp3) is 0.263. The lowest BCUT2D eigenvalue weighted by Gasteiger charge is -2.32. The van der Waals surface area contributed by atoms with Gasteiger partial charge < -0.3 is 10.2 Å². The summed E-state index contributed by atoms with van der Waals surface area (Å²) in [6, 6.07) is 8.14. The number of hydrogen-bond acceptors (Lipinski definition) is 2. The molecule has 3 rings (SSSR count). The lowest BCUT2D eigenvalue weighted by Crippen LogP contribution is -2.46. The third kappa shape index (κ3) is 4.08. The minimum absolute atomic E-state index is 0.173. The van der Waals surface area contributed by atoms with Crippen LogP contribution in [0.25, 0.3) is 0 Å². The number of benzene rings is 2. The fourth-order valence-corrected chi connectivity index (χ4v) is 3.22. The van der Waals surface area contributed by atoms with E-state index in [1.807, 2.05) is 0 Å². The Labute approximate surface area is 158 Å². The molecule has 1 heterocycles. The Bertz CT molecular complexity index is 883. The summed E-state index contributed by atoms with van der Waals surface area (Å²) in [7, 11) is 0. The number of nitrogens with one attached hydrogen (secondary N) is 1. The molecule has 27 heavy (non-hydrogen) atoms. The van der Waals surface area contributed by atoms with Gasteiger partial charge in [-0.2, -0.15) is 0 Å². The van der Waals surface area contributed by atoms with Crippen molar-refractivity contribution in [3.05, 3.63) is 70.0 Å². The molecule has 1 aliphatic rings. The summed E-state index contributed by atoms with van der Waals surface area (Å²) in [4.78, 5) is 26.0. The Balaban J connectivity index is 1.61.